The first-order valence-electron chi connectivity index (χ1n) is 15.0. The number of carbonyl (C=O) groups excluding carboxylic acids is 2. The van der Waals surface area contributed by atoms with Crippen molar-refractivity contribution in [1.29, 1.82) is 0 Å². The Labute approximate surface area is 279 Å². The SMILES string of the molecule is Cc1ccc(C2C(=C(O)c3ccc(OCc4ccccc4C)cc3)C(=O)C(=O)N2c2nnc(SCc3cccc4ccccc34)s2)o1. The summed E-state index contributed by atoms with van der Waals surface area (Å²) in [5, 5.41) is 22.7. The van der Waals surface area contributed by atoms with Gasteiger partial charge in [0.15, 0.2) is 4.34 Å². The summed E-state index contributed by atoms with van der Waals surface area (Å²) in [5.74, 6) is 0.231. The normalized spacial score (nSPS) is 15.9. The number of furan rings is 1. The number of hydrogen-bond acceptors (Lipinski definition) is 9. The van der Waals surface area contributed by atoms with Gasteiger partial charge in [-0.1, -0.05) is 89.8 Å². The van der Waals surface area contributed by atoms with Crippen molar-refractivity contribution in [3.05, 3.63) is 142 Å². The average molecular weight is 660 g/mol. The number of aliphatic hydroxyl groups excluding tert-OH is 1. The van der Waals surface area contributed by atoms with Gasteiger partial charge in [0, 0.05) is 11.3 Å². The van der Waals surface area contributed by atoms with Gasteiger partial charge in [-0.05, 0) is 77.7 Å². The van der Waals surface area contributed by atoms with Crippen molar-refractivity contribution in [1.82, 2.24) is 10.2 Å². The minimum absolute atomic E-state index is 0.0851. The van der Waals surface area contributed by atoms with Crippen molar-refractivity contribution in [2.75, 3.05) is 4.90 Å². The minimum atomic E-state index is -1.02. The maximum Gasteiger partial charge on any atom is 0.302 e. The highest BCUT2D eigenvalue weighted by Gasteiger charge is 2.49. The Hall–Kier alpha value is -5.19. The number of thioether (sulfide) groups is 1. The number of carbonyl (C=O) groups is 2. The molecule has 6 aromatic rings. The van der Waals surface area contributed by atoms with Crippen molar-refractivity contribution in [2.45, 2.75) is 36.6 Å². The van der Waals surface area contributed by atoms with Crippen molar-refractivity contribution in [3.63, 3.8) is 0 Å². The Balaban J connectivity index is 1.16. The second kappa shape index (κ2) is 12.9. The van der Waals surface area contributed by atoms with Crippen molar-refractivity contribution >= 4 is 56.5 Å². The Kier molecular flexibility index (Phi) is 8.36. The van der Waals surface area contributed by atoms with Gasteiger partial charge in [0.1, 0.15) is 35.7 Å². The van der Waals surface area contributed by atoms with E-state index in [0.717, 1.165) is 27.5 Å². The van der Waals surface area contributed by atoms with Gasteiger partial charge in [-0.25, -0.2) is 0 Å². The molecule has 3 heterocycles. The third-order valence-corrected chi connectivity index (χ3v) is 10.2. The van der Waals surface area contributed by atoms with Gasteiger partial charge in [0.25, 0.3) is 5.78 Å². The maximum atomic E-state index is 13.6. The quantitative estimate of drug-likeness (QED) is 0.0542. The number of anilines is 1. The summed E-state index contributed by atoms with van der Waals surface area (Å²) < 4.78 is 12.5. The third kappa shape index (κ3) is 6.05. The molecule has 47 heavy (non-hydrogen) atoms. The molecule has 1 aliphatic rings. The molecule has 1 atom stereocenters. The van der Waals surface area contributed by atoms with Crippen LogP contribution in [0.3, 0.4) is 0 Å². The van der Waals surface area contributed by atoms with Crippen LogP contribution in [0.1, 0.15) is 39.8 Å². The Morgan fingerprint density at radius 2 is 1.64 bits per heavy atom. The monoisotopic (exact) mass is 659 g/mol. The van der Waals surface area contributed by atoms with E-state index in [1.54, 1.807) is 43.3 Å². The molecule has 1 aliphatic heterocycles. The van der Waals surface area contributed by atoms with E-state index >= 15 is 0 Å². The van der Waals surface area contributed by atoms with E-state index in [2.05, 4.69) is 34.5 Å². The fourth-order valence-electron chi connectivity index (χ4n) is 5.61. The van der Waals surface area contributed by atoms with Crippen LogP contribution >= 0.6 is 23.1 Å². The highest BCUT2D eigenvalue weighted by Crippen LogP contribution is 2.44. The standard InChI is InChI=1S/C37H29N3O5S2/c1-22-8-3-4-10-26(22)20-44-28-17-15-25(16-18-28)33(41)31-32(30-19-14-23(2)45-30)40(35(43)34(31)42)36-38-39-37(47-36)46-21-27-12-7-11-24-9-5-6-13-29(24)27/h3-19,32,41H,20-21H2,1-2H3. The van der Waals surface area contributed by atoms with Crippen LogP contribution in [0.2, 0.25) is 0 Å². The molecule has 1 saturated heterocycles. The summed E-state index contributed by atoms with van der Waals surface area (Å²) in [5.41, 5.74) is 3.63. The summed E-state index contributed by atoms with van der Waals surface area (Å²) in [6, 6.07) is 31.6. The number of fused-ring (bicyclic) bond motifs is 1. The number of ether oxygens (including phenoxy) is 1. The zero-order valence-electron chi connectivity index (χ0n) is 25.5. The molecule has 1 fully saturated rings. The van der Waals surface area contributed by atoms with Crippen LogP contribution in [0.25, 0.3) is 16.5 Å². The Bertz CT molecular complexity index is 2150. The number of aromatic nitrogens is 2. The number of rotatable bonds is 9. The molecule has 1 N–H and O–H groups in total. The molecule has 0 spiro atoms. The number of nitrogens with zero attached hydrogens (tertiary/aromatic N) is 3. The molecule has 0 bridgehead atoms. The second-order valence-electron chi connectivity index (χ2n) is 11.1. The first-order chi connectivity index (χ1) is 22.9. The highest BCUT2D eigenvalue weighted by atomic mass is 32.2. The molecule has 0 saturated carbocycles. The topological polar surface area (TPSA) is 106 Å². The van der Waals surface area contributed by atoms with E-state index in [1.807, 2.05) is 49.4 Å². The van der Waals surface area contributed by atoms with Crippen LogP contribution in [0, 0.1) is 13.8 Å². The number of hydrogen-bond donors (Lipinski definition) is 1. The summed E-state index contributed by atoms with van der Waals surface area (Å²) in [7, 11) is 0. The first-order valence-corrected chi connectivity index (χ1v) is 16.8. The molecule has 0 radical (unpaired) electrons. The smallest absolute Gasteiger partial charge is 0.302 e. The molecule has 8 nitrogen and oxygen atoms in total. The number of aryl methyl sites for hydroxylation is 2. The van der Waals surface area contributed by atoms with Crippen LogP contribution in [0.4, 0.5) is 5.13 Å². The van der Waals surface area contributed by atoms with E-state index in [9.17, 15) is 14.7 Å². The molecule has 7 rings (SSSR count). The van der Waals surface area contributed by atoms with Gasteiger partial charge in [-0.2, -0.15) is 0 Å². The van der Waals surface area contributed by atoms with E-state index in [1.165, 1.54) is 28.0 Å². The second-order valence-corrected chi connectivity index (χ2v) is 13.3. The molecule has 1 unspecified atom stereocenters. The molecule has 2 aromatic heterocycles. The van der Waals surface area contributed by atoms with Gasteiger partial charge < -0.3 is 14.3 Å². The van der Waals surface area contributed by atoms with Gasteiger partial charge in [-0.15, -0.1) is 10.2 Å². The minimum Gasteiger partial charge on any atom is -0.507 e. The van der Waals surface area contributed by atoms with Crippen LogP contribution < -0.4 is 9.64 Å². The summed E-state index contributed by atoms with van der Waals surface area (Å²) >= 11 is 2.72. The number of benzene rings is 4. The lowest BCUT2D eigenvalue weighted by Gasteiger charge is -2.20. The molecular weight excluding hydrogens is 631 g/mol. The largest absolute Gasteiger partial charge is 0.507 e. The number of Topliss-reactive ketones (excluding diaryl/α,β-unsaturated/α-hetero) is 1. The molecule has 10 heteroatoms. The zero-order chi connectivity index (χ0) is 32.5. The zero-order valence-corrected chi connectivity index (χ0v) is 27.2. The highest BCUT2D eigenvalue weighted by molar-refractivity contribution is 8.00. The average Bonchev–Trinajstić information content (AvgIpc) is 3.81. The Morgan fingerprint density at radius 1 is 0.894 bits per heavy atom. The van der Waals surface area contributed by atoms with Gasteiger partial charge in [-0.3, -0.25) is 14.5 Å². The van der Waals surface area contributed by atoms with Crippen LogP contribution in [-0.2, 0) is 21.9 Å². The van der Waals surface area contributed by atoms with Gasteiger partial charge in [0.05, 0.1) is 5.57 Å². The lowest BCUT2D eigenvalue weighted by atomic mass is 9.99. The molecule has 1 amide bonds. The maximum absolute atomic E-state index is 13.6. The van der Waals surface area contributed by atoms with Crippen molar-refractivity contribution in [3.8, 4) is 5.75 Å². The van der Waals surface area contributed by atoms with Crippen LogP contribution in [0.15, 0.2) is 117 Å². The predicted octanol–water partition coefficient (Wildman–Crippen LogP) is 8.40. The summed E-state index contributed by atoms with van der Waals surface area (Å²) in [6.45, 7) is 4.20. The Morgan fingerprint density at radius 3 is 2.43 bits per heavy atom. The van der Waals surface area contributed by atoms with E-state index in [4.69, 9.17) is 9.15 Å². The number of aliphatic hydroxyl groups is 1. The predicted molar refractivity (Wildman–Crippen MR) is 184 cm³/mol. The molecule has 0 aliphatic carbocycles. The lowest BCUT2D eigenvalue weighted by molar-refractivity contribution is -0.132. The van der Waals surface area contributed by atoms with Crippen molar-refractivity contribution < 1.29 is 23.8 Å². The third-order valence-electron chi connectivity index (χ3n) is 8.09. The lowest BCUT2D eigenvalue weighted by Crippen LogP contribution is -2.29. The fraction of sp³-hybridized carbons (Fsp3) is 0.135. The fourth-order valence-corrected chi connectivity index (χ4v) is 7.48. The molecule has 234 valence electrons. The van der Waals surface area contributed by atoms with E-state index < -0.39 is 17.7 Å². The summed E-state index contributed by atoms with van der Waals surface area (Å²) in [6.07, 6.45) is 0. The van der Waals surface area contributed by atoms with E-state index in [-0.39, 0.29) is 16.5 Å². The van der Waals surface area contributed by atoms with Gasteiger partial charge >= 0.3 is 5.91 Å². The molecule has 4 aromatic carbocycles. The van der Waals surface area contributed by atoms with E-state index in [0.29, 0.717) is 39.5 Å². The van der Waals surface area contributed by atoms with Crippen LogP contribution in [-0.4, -0.2) is 27.0 Å². The van der Waals surface area contributed by atoms with Crippen molar-refractivity contribution in [2.24, 2.45) is 0 Å². The first kappa shape index (κ1) is 30.5. The van der Waals surface area contributed by atoms with Gasteiger partial charge in [0.2, 0.25) is 5.13 Å². The molecular formula is C37H29N3O5S2. The number of amides is 1. The number of ketones is 1. The summed E-state index contributed by atoms with van der Waals surface area (Å²) in [4.78, 5) is 28.4. The van der Waals surface area contributed by atoms with Crippen LogP contribution in [0.5, 0.6) is 5.75 Å².